The van der Waals surface area contributed by atoms with Crippen molar-refractivity contribution in [2.24, 2.45) is 0 Å². The summed E-state index contributed by atoms with van der Waals surface area (Å²) in [7, 11) is 0. The molecule has 0 aromatic heterocycles. The number of rotatable bonds is 5. The lowest BCUT2D eigenvalue weighted by Gasteiger charge is -2.32. The quantitative estimate of drug-likeness (QED) is 0.461. The summed E-state index contributed by atoms with van der Waals surface area (Å²) >= 11 is 0. The van der Waals surface area contributed by atoms with E-state index in [0.29, 0.717) is 6.54 Å². The molecule has 4 rings (SSSR count). The first kappa shape index (κ1) is 18.9. The molecular formula is C22H24ClNO2. The zero-order valence-corrected chi connectivity index (χ0v) is 15.8. The molecule has 0 aliphatic rings. The van der Waals surface area contributed by atoms with Gasteiger partial charge in [0.25, 0.3) is 0 Å². The predicted molar refractivity (Wildman–Crippen MR) is 111 cm³/mol. The maximum absolute atomic E-state index is 9.96. The standard InChI is InChI=1S/C22H23NO2.ClH/c1-14(25)22(2,13-24)23-12-18-9-8-17-7-6-15-4-3-5-16-10-11-19(18)21(17)20(15)16;/h3-11,14,23-25H,12-13H2,1-2H3;1H. The highest BCUT2D eigenvalue weighted by atomic mass is 35.5. The van der Waals surface area contributed by atoms with Gasteiger partial charge in [0.2, 0.25) is 0 Å². The monoisotopic (exact) mass is 369 g/mol. The van der Waals surface area contributed by atoms with Gasteiger partial charge in [-0.3, -0.25) is 0 Å². The van der Waals surface area contributed by atoms with E-state index in [2.05, 4.69) is 59.9 Å². The highest BCUT2D eigenvalue weighted by Crippen LogP contribution is 2.35. The Labute approximate surface area is 159 Å². The number of hydrogen-bond acceptors (Lipinski definition) is 3. The van der Waals surface area contributed by atoms with E-state index in [1.165, 1.54) is 37.9 Å². The van der Waals surface area contributed by atoms with E-state index in [-0.39, 0.29) is 19.0 Å². The van der Waals surface area contributed by atoms with E-state index in [0.717, 1.165) is 0 Å². The average molecular weight is 370 g/mol. The van der Waals surface area contributed by atoms with Crippen molar-refractivity contribution in [1.29, 1.82) is 0 Å². The Morgan fingerprint density at radius 2 is 1.50 bits per heavy atom. The third kappa shape index (κ3) is 2.91. The summed E-state index contributed by atoms with van der Waals surface area (Å²) < 4.78 is 0. The number of benzene rings is 4. The molecule has 0 bridgehead atoms. The van der Waals surface area contributed by atoms with Crippen LogP contribution in [0, 0.1) is 0 Å². The summed E-state index contributed by atoms with van der Waals surface area (Å²) in [5, 5.41) is 30.5. The molecule has 0 radical (unpaired) electrons. The minimum absolute atomic E-state index is 0. The molecule has 136 valence electrons. The summed E-state index contributed by atoms with van der Waals surface area (Å²) in [5.74, 6) is 0. The summed E-state index contributed by atoms with van der Waals surface area (Å²) in [5.41, 5.74) is 0.454. The van der Waals surface area contributed by atoms with Gasteiger partial charge in [-0.2, -0.15) is 0 Å². The molecular weight excluding hydrogens is 346 g/mol. The van der Waals surface area contributed by atoms with Gasteiger partial charge in [0.15, 0.2) is 0 Å². The number of aliphatic hydroxyl groups is 2. The van der Waals surface area contributed by atoms with Crippen molar-refractivity contribution >= 4 is 44.7 Å². The molecule has 4 aromatic rings. The van der Waals surface area contributed by atoms with Crippen LogP contribution in [0.5, 0.6) is 0 Å². The van der Waals surface area contributed by atoms with Crippen molar-refractivity contribution in [3.63, 3.8) is 0 Å². The van der Waals surface area contributed by atoms with E-state index < -0.39 is 11.6 Å². The molecule has 0 saturated carbocycles. The molecule has 4 aromatic carbocycles. The van der Waals surface area contributed by atoms with Crippen LogP contribution in [0.4, 0.5) is 0 Å². The predicted octanol–water partition coefficient (Wildman–Crippen LogP) is 4.23. The molecule has 3 nitrogen and oxygen atoms in total. The normalized spacial score (nSPS) is 15.2. The minimum atomic E-state index is -0.718. The Morgan fingerprint density at radius 1 is 0.923 bits per heavy atom. The molecule has 0 fully saturated rings. The smallest absolute Gasteiger partial charge is 0.0713 e. The molecule has 0 spiro atoms. The van der Waals surface area contributed by atoms with E-state index in [4.69, 9.17) is 0 Å². The highest BCUT2D eigenvalue weighted by molar-refractivity contribution is 6.23. The average Bonchev–Trinajstić information content (AvgIpc) is 2.64. The minimum Gasteiger partial charge on any atom is -0.394 e. The first-order chi connectivity index (χ1) is 12.0. The van der Waals surface area contributed by atoms with Gasteiger partial charge in [0, 0.05) is 6.54 Å². The highest BCUT2D eigenvalue weighted by Gasteiger charge is 2.28. The van der Waals surface area contributed by atoms with Crippen molar-refractivity contribution in [3.8, 4) is 0 Å². The van der Waals surface area contributed by atoms with E-state index in [1.807, 2.05) is 6.92 Å². The number of nitrogens with one attached hydrogen (secondary N) is 1. The van der Waals surface area contributed by atoms with E-state index in [9.17, 15) is 10.2 Å². The molecule has 0 aliphatic carbocycles. The van der Waals surface area contributed by atoms with Crippen LogP contribution in [0.15, 0.2) is 54.6 Å². The van der Waals surface area contributed by atoms with Gasteiger partial charge < -0.3 is 15.5 Å². The number of hydrogen-bond donors (Lipinski definition) is 3. The molecule has 2 unspecified atom stereocenters. The van der Waals surface area contributed by atoms with Crippen LogP contribution >= 0.6 is 12.4 Å². The maximum atomic E-state index is 9.96. The van der Waals surface area contributed by atoms with Crippen molar-refractivity contribution in [1.82, 2.24) is 5.32 Å². The summed E-state index contributed by atoms with van der Waals surface area (Å²) in [6.07, 6.45) is -0.641. The van der Waals surface area contributed by atoms with Crippen LogP contribution in [0.1, 0.15) is 19.4 Å². The van der Waals surface area contributed by atoms with Crippen LogP contribution in [-0.4, -0.2) is 28.5 Å². The Bertz CT molecular complexity index is 1030. The van der Waals surface area contributed by atoms with Gasteiger partial charge in [-0.05, 0) is 51.7 Å². The first-order valence-corrected chi connectivity index (χ1v) is 8.73. The molecule has 0 amide bonds. The fraction of sp³-hybridized carbons (Fsp3) is 0.273. The van der Waals surface area contributed by atoms with Crippen LogP contribution < -0.4 is 5.32 Å². The molecule has 3 N–H and O–H groups in total. The Balaban J connectivity index is 0.00000196. The molecule has 0 saturated heterocycles. The fourth-order valence-electron chi connectivity index (χ4n) is 3.58. The van der Waals surface area contributed by atoms with Crippen molar-refractivity contribution in [2.75, 3.05) is 6.61 Å². The Kier molecular flexibility index (Phi) is 5.09. The lowest BCUT2D eigenvalue weighted by molar-refractivity contribution is 0.0404. The van der Waals surface area contributed by atoms with Gasteiger partial charge in [0.1, 0.15) is 0 Å². The molecule has 0 heterocycles. The lowest BCUT2D eigenvalue weighted by Crippen LogP contribution is -2.53. The van der Waals surface area contributed by atoms with Gasteiger partial charge >= 0.3 is 0 Å². The summed E-state index contributed by atoms with van der Waals surface area (Å²) in [6, 6.07) is 19.4. The maximum Gasteiger partial charge on any atom is 0.0713 e. The van der Waals surface area contributed by atoms with Crippen LogP contribution in [-0.2, 0) is 6.54 Å². The van der Waals surface area contributed by atoms with Gasteiger partial charge in [-0.25, -0.2) is 0 Å². The number of aliphatic hydroxyl groups excluding tert-OH is 2. The van der Waals surface area contributed by atoms with E-state index in [1.54, 1.807) is 6.92 Å². The van der Waals surface area contributed by atoms with Crippen molar-refractivity contribution in [3.05, 3.63) is 60.2 Å². The third-order valence-electron chi connectivity index (χ3n) is 5.55. The second kappa shape index (κ2) is 7.01. The van der Waals surface area contributed by atoms with E-state index >= 15 is 0 Å². The fourth-order valence-corrected chi connectivity index (χ4v) is 3.58. The zero-order chi connectivity index (χ0) is 17.6. The number of halogens is 1. The van der Waals surface area contributed by atoms with Crippen LogP contribution in [0.2, 0.25) is 0 Å². The molecule has 4 heteroatoms. The van der Waals surface area contributed by atoms with Crippen LogP contribution in [0.3, 0.4) is 0 Å². The molecule has 0 aliphatic heterocycles. The van der Waals surface area contributed by atoms with Gasteiger partial charge in [-0.1, -0.05) is 54.6 Å². The van der Waals surface area contributed by atoms with Gasteiger partial charge in [0.05, 0.1) is 18.2 Å². The third-order valence-corrected chi connectivity index (χ3v) is 5.55. The van der Waals surface area contributed by atoms with Crippen molar-refractivity contribution < 1.29 is 10.2 Å². The molecule has 26 heavy (non-hydrogen) atoms. The summed E-state index contributed by atoms with van der Waals surface area (Å²) in [6.45, 7) is 4.02. The SMILES string of the molecule is CC(O)C(C)(CO)NCc1ccc2ccc3cccc4ccc1c2c34.Cl. The largest absolute Gasteiger partial charge is 0.394 e. The molecule has 2 atom stereocenters. The topological polar surface area (TPSA) is 52.5 Å². The van der Waals surface area contributed by atoms with Crippen molar-refractivity contribution in [2.45, 2.75) is 32.0 Å². The Hall–Kier alpha value is -1.91. The Morgan fingerprint density at radius 3 is 2.12 bits per heavy atom. The zero-order valence-electron chi connectivity index (χ0n) is 15.0. The summed E-state index contributed by atoms with van der Waals surface area (Å²) in [4.78, 5) is 0. The second-order valence-electron chi connectivity index (χ2n) is 7.19. The van der Waals surface area contributed by atoms with Crippen LogP contribution in [0.25, 0.3) is 32.3 Å². The second-order valence-corrected chi connectivity index (χ2v) is 7.19. The first-order valence-electron chi connectivity index (χ1n) is 8.73. The lowest BCUT2D eigenvalue weighted by atomic mass is 9.91. The van der Waals surface area contributed by atoms with Gasteiger partial charge in [-0.15, -0.1) is 12.4 Å².